The Morgan fingerprint density at radius 1 is 1.21 bits per heavy atom. The molecule has 0 aliphatic rings. The summed E-state index contributed by atoms with van der Waals surface area (Å²) in [6.45, 7) is 0. The maximum absolute atomic E-state index is 5.83. The van der Waals surface area contributed by atoms with E-state index in [-0.39, 0.29) is 0 Å². The first-order chi connectivity index (χ1) is 6.84. The molecule has 1 aromatic heterocycles. The molecule has 0 aliphatic heterocycles. The molecule has 14 heavy (non-hydrogen) atoms. The standard InChI is InChI=1S/C11H8ClNS/c12-9-3-1-4-10(7-9)13-8-11-5-2-6-14-11/h1-8H. The summed E-state index contributed by atoms with van der Waals surface area (Å²) in [7, 11) is 0. The van der Waals surface area contributed by atoms with E-state index in [1.165, 1.54) is 0 Å². The summed E-state index contributed by atoms with van der Waals surface area (Å²) in [6.07, 6.45) is 1.84. The molecule has 2 aromatic rings. The second-order valence-corrected chi connectivity index (χ2v) is 4.17. The van der Waals surface area contributed by atoms with Crippen LogP contribution in [0.3, 0.4) is 0 Å². The highest BCUT2D eigenvalue weighted by molar-refractivity contribution is 7.11. The minimum absolute atomic E-state index is 0.714. The third-order valence-corrected chi connectivity index (χ3v) is 2.73. The molecule has 0 unspecified atom stereocenters. The van der Waals surface area contributed by atoms with Gasteiger partial charge in [-0.2, -0.15) is 0 Å². The minimum atomic E-state index is 0.714. The fourth-order valence-electron chi connectivity index (χ4n) is 1.06. The van der Waals surface area contributed by atoms with Gasteiger partial charge in [-0.05, 0) is 29.6 Å². The van der Waals surface area contributed by atoms with Gasteiger partial charge in [0.2, 0.25) is 0 Å². The van der Waals surface area contributed by atoms with Crippen LogP contribution in [-0.2, 0) is 0 Å². The van der Waals surface area contributed by atoms with Crippen molar-refractivity contribution in [2.75, 3.05) is 0 Å². The van der Waals surface area contributed by atoms with Crippen LogP contribution in [0.15, 0.2) is 46.8 Å². The molecule has 0 bridgehead atoms. The van der Waals surface area contributed by atoms with Gasteiger partial charge in [0.1, 0.15) is 0 Å². The third kappa shape index (κ3) is 2.44. The molecule has 70 valence electrons. The molecule has 2 rings (SSSR count). The summed E-state index contributed by atoms with van der Waals surface area (Å²) in [5, 5.41) is 2.74. The number of nitrogens with zero attached hydrogens (tertiary/aromatic N) is 1. The lowest BCUT2D eigenvalue weighted by atomic mass is 10.3. The maximum Gasteiger partial charge on any atom is 0.0645 e. The molecule has 0 aliphatic carbocycles. The number of hydrogen-bond acceptors (Lipinski definition) is 2. The van der Waals surface area contributed by atoms with Gasteiger partial charge < -0.3 is 0 Å². The molecule has 1 aromatic carbocycles. The van der Waals surface area contributed by atoms with Crippen LogP contribution in [0, 0.1) is 0 Å². The molecular formula is C11H8ClNS. The maximum atomic E-state index is 5.83. The molecule has 0 saturated heterocycles. The molecule has 3 heteroatoms. The first-order valence-corrected chi connectivity index (χ1v) is 5.43. The highest BCUT2D eigenvalue weighted by Crippen LogP contribution is 2.18. The quantitative estimate of drug-likeness (QED) is 0.676. The lowest BCUT2D eigenvalue weighted by Crippen LogP contribution is -1.71. The number of aliphatic imine (C=N–C) groups is 1. The van der Waals surface area contributed by atoms with E-state index >= 15 is 0 Å². The van der Waals surface area contributed by atoms with Crippen LogP contribution in [0.1, 0.15) is 4.88 Å². The first kappa shape index (κ1) is 9.44. The highest BCUT2D eigenvalue weighted by atomic mass is 35.5. The van der Waals surface area contributed by atoms with Gasteiger partial charge in [-0.3, -0.25) is 4.99 Å². The van der Waals surface area contributed by atoms with Gasteiger partial charge in [-0.15, -0.1) is 11.3 Å². The fraction of sp³-hybridized carbons (Fsp3) is 0. The smallest absolute Gasteiger partial charge is 0.0645 e. The van der Waals surface area contributed by atoms with Crippen molar-refractivity contribution < 1.29 is 0 Å². The van der Waals surface area contributed by atoms with Crippen LogP contribution in [0.5, 0.6) is 0 Å². The van der Waals surface area contributed by atoms with E-state index in [9.17, 15) is 0 Å². The molecule has 1 heterocycles. The zero-order valence-electron chi connectivity index (χ0n) is 7.35. The minimum Gasteiger partial charge on any atom is -0.255 e. The predicted molar refractivity (Wildman–Crippen MR) is 63.0 cm³/mol. The van der Waals surface area contributed by atoms with Gasteiger partial charge in [0.25, 0.3) is 0 Å². The van der Waals surface area contributed by atoms with Gasteiger partial charge in [0.05, 0.1) is 5.69 Å². The normalized spacial score (nSPS) is 10.9. The Balaban J connectivity index is 2.18. The van der Waals surface area contributed by atoms with E-state index in [4.69, 9.17) is 11.6 Å². The fourth-order valence-corrected chi connectivity index (χ4v) is 1.83. The zero-order valence-corrected chi connectivity index (χ0v) is 8.92. The van der Waals surface area contributed by atoms with Crippen molar-refractivity contribution in [3.8, 4) is 0 Å². The molecule has 0 atom stereocenters. The molecule has 0 N–H and O–H groups in total. The van der Waals surface area contributed by atoms with Crippen molar-refractivity contribution >= 4 is 34.8 Å². The second-order valence-electron chi connectivity index (χ2n) is 2.75. The molecule has 0 spiro atoms. The van der Waals surface area contributed by atoms with Crippen LogP contribution >= 0.6 is 22.9 Å². The van der Waals surface area contributed by atoms with Crippen LogP contribution in [0.2, 0.25) is 5.02 Å². The number of thiophene rings is 1. The molecular weight excluding hydrogens is 214 g/mol. The first-order valence-electron chi connectivity index (χ1n) is 4.18. The Hall–Kier alpha value is -1.12. The highest BCUT2D eigenvalue weighted by Gasteiger charge is 1.90. The van der Waals surface area contributed by atoms with Gasteiger partial charge >= 0.3 is 0 Å². The third-order valence-electron chi connectivity index (χ3n) is 1.69. The van der Waals surface area contributed by atoms with Crippen molar-refractivity contribution in [1.29, 1.82) is 0 Å². The SMILES string of the molecule is Clc1cccc(N=Cc2cccs2)c1. The molecule has 0 fully saturated rings. The number of halogens is 1. The lowest BCUT2D eigenvalue weighted by molar-refractivity contribution is 1.54. The predicted octanol–water partition coefficient (Wildman–Crippen LogP) is 4.15. The van der Waals surface area contributed by atoms with Gasteiger partial charge in [0.15, 0.2) is 0 Å². The monoisotopic (exact) mass is 221 g/mol. The Kier molecular flexibility index (Phi) is 2.96. The van der Waals surface area contributed by atoms with Crippen LogP contribution in [0.25, 0.3) is 0 Å². The van der Waals surface area contributed by atoms with E-state index in [1.54, 1.807) is 11.3 Å². The summed E-state index contributed by atoms with van der Waals surface area (Å²) in [5.41, 5.74) is 0.880. The average Bonchev–Trinajstić information content (AvgIpc) is 2.67. The second kappa shape index (κ2) is 4.40. The molecule has 1 nitrogen and oxygen atoms in total. The molecule has 0 radical (unpaired) electrons. The Bertz CT molecular complexity index is 434. The van der Waals surface area contributed by atoms with Crippen molar-refractivity contribution in [3.05, 3.63) is 51.7 Å². The number of benzene rings is 1. The lowest BCUT2D eigenvalue weighted by Gasteiger charge is -1.92. The van der Waals surface area contributed by atoms with Gasteiger partial charge in [-0.25, -0.2) is 0 Å². The summed E-state index contributed by atoms with van der Waals surface area (Å²) in [4.78, 5) is 5.45. The zero-order chi connectivity index (χ0) is 9.80. The van der Waals surface area contributed by atoms with E-state index in [0.717, 1.165) is 10.6 Å². The van der Waals surface area contributed by atoms with E-state index in [1.807, 2.05) is 48.0 Å². The number of hydrogen-bond donors (Lipinski definition) is 0. The van der Waals surface area contributed by atoms with E-state index in [2.05, 4.69) is 4.99 Å². The van der Waals surface area contributed by atoms with E-state index < -0.39 is 0 Å². The summed E-state index contributed by atoms with van der Waals surface area (Å²) in [5.74, 6) is 0. The number of rotatable bonds is 2. The van der Waals surface area contributed by atoms with Crippen LogP contribution in [0.4, 0.5) is 5.69 Å². The van der Waals surface area contributed by atoms with Crippen LogP contribution in [-0.4, -0.2) is 6.21 Å². The van der Waals surface area contributed by atoms with Gasteiger partial charge in [-0.1, -0.05) is 23.7 Å². The molecule has 0 amide bonds. The topological polar surface area (TPSA) is 12.4 Å². The summed E-state index contributed by atoms with van der Waals surface area (Å²) < 4.78 is 0. The Morgan fingerprint density at radius 3 is 2.86 bits per heavy atom. The van der Waals surface area contributed by atoms with Crippen molar-refractivity contribution in [2.24, 2.45) is 4.99 Å². The van der Waals surface area contributed by atoms with E-state index in [0.29, 0.717) is 5.02 Å². The van der Waals surface area contributed by atoms with Crippen molar-refractivity contribution in [3.63, 3.8) is 0 Å². The van der Waals surface area contributed by atoms with Crippen molar-refractivity contribution in [1.82, 2.24) is 0 Å². The Morgan fingerprint density at radius 2 is 2.14 bits per heavy atom. The average molecular weight is 222 g/mol. The Labute approximate surface area is 91.7 Å². The largest absolute Gasteiger partial charge is 0.255 e. The molecule has 0 saturated carbocycles. The van der Waals surface area contributed by atoms with Crippen LogP contribution < -0.4 is 0 Å². The van der Waals surface area contributed by atoms with Gasteiger partial charge in [0, 0.05) is 16.1 Å². The van der Waals surface area contributed by atoms with Crippen molar-refractivity contribution in [2.45, 2.75) is 0 Å². The summed E-state index contributed by atoms with van der Waals surface area (Å²) >= 11 is 7.50. The summed E-state index contributed by atoms with van der Waals surface area (Å²) in [6, 6.07) is 11.5.